The number of nitrogens with zero attached hydrogens (tertiary/aromatic N) is 5. The fraction of sp³-hybridized carbons (Fsp3) is 0.556. The number of hydrogen-bond acceptors (Lipinski definition) is 7. The molecule has 0 N–H and O–H groups in total. The van der Waals surface area contributed by atoms with Crippen LogP contribution in [-0.2, 0) is 35.5 Å². The normalized spacial score (nSPS) is 17.2. The number of aromatic nitrogens is 5. The molecule has 2 fully saturated rings. The number of rotatable bonds is 14. The molecule has 1 saturated carbocycles. The molecule has 1 saturated heterocycles. The lowest BCUT2D eigenvalue weighted by molar-refractivity contribution is -0.163. The number of aryl methyl sites for hydroxylation is 2. The summed E-state index contributed by atoms with van der Waals surface area (Å²) in [4.78, 5) is 37.4. The van der Waals surface area contributed by atoms with Gasteiger partial charge in [0.25, 0.3) is 5.56 Å². The molecular weight excluding hydrogens is 611 g/mol. The fourth-order valence-corrected chi connectivity index (χ4v) is 7.22. The number of fused-ring (bicyclic) bond motifs is 1. The fourth-order valence-electron chi connectivity index (χ4n) is 6.18. The van der Waals surface area contributed by atoms with E-state index < -0.39 is 8.07 Å². The zero-order valence-corrected chi connectivity index (χ0v) is 29.4. The third-order valence-electron chi connectivity index (χ3n) is 9.26. The van der Waals surface area contributed by atoms with Crippen LogP contribution in [0.4, 0.5) is 0 Å². The number of imidazole rings is 1. The zero-order chi connectivity index (χ0) is 33.0. The van der Waals surface area contributed by atoms with E-state index in [0.29, 0.717) is 55.6 Å². The van der Waals surface area contributed by atoms with Crippen LogP contribution in [0.25, 0.3) is 22.6 Å². The van der Waals surface area contributed by atoms with Gasteiger partial charge in [0, 0.05) is 52.1 Å². The minimum Gasteiger partial charge on any atom is -0.474 e. The molecule has 0 radical (unpaired) electrons. The van der Waals surface area contributed by atoms with Crippen LogP contribution < -0.4 is 16.0 Å². The van der Waals surface area contributed by atoms with Crippen LogP contribution in [0.5, 0.6) is 5.88 Å². The van der Waals surface area contributed by atoms with E-state index in [2.05, 4.69) is 48.9 Å². The van der Waals surface area contributed by atoms with Crippen LogP contribution in [0.2, 0.25) is 25.7 Å². The largest absolute Gasteiger partial charge is 0.474 e. The Kier molecular flexibility index (Phi) is 10.4. The highest BCUT2D eigenvalue weighted by Crippen LogP contribution is 2.28. The molecule has 1 aliphatic heterocycles. The lowest BCUT2D eigenvalue weighted by Gasteiger charge is -2.25. The van der Waals surface area contributed by atoms with Crippen molar-refractivity contribution in [2.45, 2.75) is 116 Å². The molecule has 1 unspecified atom stereocenters. The number of ether oxygens (including phenoxy) is 3. The Balaban J connectivity index is 1.35. The molecule has 1 atom stereocenters. The first kappa shape index (κ1) is 33.4. The summed E-state index contributed by atoms with van der Waals surface area (Å²) < 4.78 is 22.5. The van der Waals surface area contributed by atoms with E-state index in [1.807, 2.05) is 23.6 Å². The Morgan fingerprint density at radius 2 is 1.72 bits per heavy atom. The first-order valence-electron chi connectivity index (χ1n) is 17.4. The van der Waals surface area contributed by atoms with Gasteiger partial charge in [0.2, 0.25) is 5.88 Å². The van der Waals surface area contributed by atoms with Crippen LogP contribution in [0.15, 0.2) is 52.2 Å². The standard InChI is InChI=1S/C36H49N5O5Si/c1-5-39-34-32(35(42)40(36(39)43)20-9-22-45-31-12-6-7-21-44-31)41(25-27-15-13-26(14-16-27)19-23-47(2,3)4)33(38-34)28-17-18-30(37-24-28)46-29-10-8-11-29/h13-18,24,29,31H,5-12,19-23,25H2,1-4H3. The van der Waals surface area contributed by atoms with Gasteiger partial charge in [-0.15, -0.1) is 0 Å². The SMILES string of the molecule is CCn1c(=O)n(CCCOC2CCCCO2)c(=O)c2c1nc(-c1ccc(OC3CCC3)nc1)n2Cc1ccc(CC[Si](C)(C)C)cc1. The quantitative estimate of drug-likeness (QED) is 0.117. The lowest BCUT2D eigenvalue weighted by atomic mass is 9.96. The van der Waals surface area contributed by atoms with Gasteiger partial charge in [0.15, 0.2) is 17.5 Å². The summed E-state index contributed by atoms with van der Waals surface area (Å²) in [6.45, 7) is 11.3. The maximum Gasteiger partial charge on any atom is 0.332 e. The first-order chi connectivity index (χ1) is 22.7. The van der Waals surface area contributed by atoms with Crippen LogP contribution >= 0.6 is 0 Å². The van der Waals surface area contributed by atoms with Gasteiger partial charge in [-0.25, -0.2) is 14.8 Å². The number of hydrogen-bond donors (Lipinski definition) is 0. The van der Waals surface area contributed by atoms with Crippen molar-refractivity contribution in [3.63, 3.8) is 0 Å². The van der Waals surface area contributed by atoms with Gasteiger partial charge in [-0.3, -0.25) is 13.9 Å². The molecule has 11 heteroatoms. The minimum absolute atomic E-state index is 0.208. The van der Waals surface area contributed by atoms with Crippen molar-refractivity contribution in [3.05, 3.63) is 74.6 Å². The van der Waals surface area contributed by atoms with E-state index in [1.165, 1.54) is 22.6 Å². The Hall–Kier alpha value is -3.54. The van der Waals surface area contributed by atoms with Crippen molar-refractivity contribution in [3.8, 4) is 17.3 Å². The van der Waals surface area contributed by atoms with E-state index in [4.69, 9.17) is 19.2 Å². The Morgan fingerprint density at radius 3 is 2.36 bits per heavy atom. The van der Waals surface area contributed by atoms with Crippen LogP contribution in [-0.4, -0.2) is 57.4 Å². The van der Waals surface area contributed by atoms with Gasteiger partial charge in [-0.2, -0.15) is 0 Å². The summed E-state index contributed by atoms with van der Waals surface area (Å²) in [5, 5.41) is 0. The second kappa shape index (κ2) is 14.7. The summed E-state index contributed by atoms with van der Waals surface area (Å²) in [5.74, 6) is 1.18. The predicted octanol–water partition coefficient (Wildman–Crippen LogP) is 6.24. The molecule has 10 nitrogen and oxygen atoms in total. The van der Waals surface area contributed by atoms with E-state index in [9.17, 15) is 9.59 Å². The van der Waals surface area contributed by atoms with E-state index >= 15 is 0 Å². The summed E-state index contributed by atoms with van der Waals surface area (Å²) in [6.07, 6.45) is 9.67. The maximum atomic E-state index is 14.2. The van der Waals surface area contributed by atoms with Crippen molar-refractivity contribution in [2.75, 3.05) is 13.2 Å². The number of pyridine rings is 1. The van der Waals surface area contributed by atoms with Gasteiger partial charge in [-0.1, -0.05) is 50.0 Å². The molecule has 3 aromatic heterocycles. The zero-order valence-electron chi connectivity index (χ0n) is 28.4. The summed E-state index contributed by atoms with van der Waals surface area (Å²) in [5.41, 5.74) is 3.24. The molecule has 4 aromatic rings. The van der Waals surface area contributed by atoms with Crippen LogP contribution in [0.1, 0.15) is 63.0 Å². The Labute approximate surface area is 277 Å². The van der Waals surface area contributed by atoms with Crippen molar-refractivity contribution in [2.24, 2.45) is 0 Å². The summed E-state index contributed by atoms with van der Waals surface area (Å²) in [7, 11) is -1.15. The van der Waals surface area contributed by atoms with Gasteiger partial charge in [-0.05, 0) is 75.5 Å². The molecule has 47 heavy (non-hydrogen) atoms. The summed E-state index contributed by atoms with van der Waals surface area (Å²) >= 11 is 0. The molecule has 0 spiro atoms. The molecule has 1 aromatic carbocycles. The molecule has 0 amide bonds. The Morgan fingerprint density at radius 1 is 0.936 bits per heavy atom. The van der Waals surface area contributed by atoms with Gasteiger partial charge in [0.1, 0.15) is 11.9 Å². The van der Waals surface area contributed by atoms with Gasteiger partial charge >= 0.3 is 5.69 Å². The highest BCUT2D eigenvalue weighted by atomic mass is 28.3. The third-order valence-corrected chi connectivity index (χ3v) is 11.0. The maximum absolute atomic E-state index is 14.2. The molecule has 2 aliphatic rings. The van der Waals surface area contributed by atoms with Crippen molar-refractivity contribution < 1.29 is 14.2 Å². The van der Waals surface area contributed by atoms with Crippen molar-refractivity contribution in [1.29, 1.82) is 0 Å². The molecule has 6 rings (SSSR count). The van der Waals surface area contributed by atoms with E-state index in [-0.39, 0.29) is 30.2 Å². The topological polar surface area (TPSA) is 102 Å². The second-order valence-electron chi connectivity index (χ2n) is 14.1. The highest BCUT2D eigenvalue weighted by Gasteiger charge is 2.24. The highest BCUT2D eigenvalue weighted by molar-refractivity contribution is 6.76. The summed E-state index contributed by atoms with van der Waals surface area (Å²) in [6, 6.07) is 13.7. The number of benzene rings is 1. The predicted molar refractivity (Wildman–Crippen MR) is 187 cm³/mol. The molecular formula is C36H49N5O5Si. The molecule has 252 valence electrons. The van der Waals surface area contributed by atoms with Crippen molar-refractivity contribution in [1.82, 2.24) is 23.7 Å². The minimum atomic E-state index is -1.15. The second-order valence-corrected chi connectivity index (χ2v) is 19.8. The first-order valence-corrected chi connectivity index (χ1v) is 21.1. The van der Waals surface area contributed by atoms with E-state index in [0.717, 1.165) is 49.7 Å². The molecule has 1 aliphatic carbocycles. The van der Waals surface area contributed by atoms with Crippen LogP contribution in [0, 0.1) is 0 Å². The van der Waals surface area contributed by atoms with Crippen molar-refractivity contribution >= 4 is 19.2 Å². The lowest BCUT2D eigenvalue weighted by Crippen LogP contribution is -2.40. The molecule has 4 heterocycles. The van der Waals surface area contributed by atoms with E-state index in [1.54, 1.807) is 10.8 Å². The monoisotopic (exact) mass is 659 g/mol. The van der Waals surface area contributed by atoms with Gasteiger partial charge in [0.05, 0.1) is 6.61 Å². The van der Waals surface area contributed by atoms with Crippen LogP contribution in [0.3, 0.4) is 0 Å². The molecule has 0 bridgehead atoms. The van der Waals surface area contributed by atoms with Gasteiger partial charge < -0.3 is 18.8 Å². The average molecular weight is 660 g/mol. The average Bonchev–Trinajstić information content (AvgIpc) is 3.41. The Bertz CT molecular complexity index is 1760. The smallest absolute Gasteiger partial charge is 0.332 e. The third kappa shape index (κ3) is 7.96.